The SMILES string of the molecule is CC(NC(=O)c1ccccc1O)C12CC3CC(CC(C3)C1)C2. The Labute approximate surface area is 132 Å². The molecule has 4 aliphatic rings. The van der Waals surface area contributed by atoms with Crippen molar-refractivity contribution in [3.05, 3.63) is 29.8 Å². The van der Waals surface area contributed by atoms with Crippen LogP contribution in [-0.2, 0) is 0 Å². The maximum absolute atomic E-state index is 12.5. The van der Waals surface area contributed by atoms with Gasteiger partial charge in [0.05, 0.1) is 5.56 Å². The second-order valence-corrected chi connectivity index (χ2v) is 7.99. The van der Waals surface area contributed by atoms with E-state index in [9.17, 15) is 9.90 Å². The van der Waals surface area contributed by atoms with E-state index in [0.29, 0.717) is 11.0 Å². The summed E-state index contributed by atoms with van der Waals surface area (Å²) in [7, 11) is 0. The summed E-state index contributed by atoms with van der Waals surface area (Å²) in [4.78, 5) is 12.5. The summed E-state index contributed by atoms with van der Waals surface area (Å²) in [5.74, 6) is 2.58. The molecule has 1 aromatic rings. The summed E-state index contributed by atoms with van der Waals surface area (Å²) >= 11 is 0. The first-order chi connectivity index (χ1) is 10.6. The van der Waals surface area contributed by atoms with Crippen molar-refractivity contribution in [2.75, 3.05) is 0 Å². The van der Waals surface area contributed by atoms with Crippen LogP contribution < -0.4 is 5.32 Å². The van der Waals surface area contributed by atoms with Crippen LogP contribution in [0.2, 0.25) is 0 Å². The lowest BCUT2D eigenvalue weighted by atomic mass is 9.48. The van der Waals surface area contributed by atoms with Gasteiger partial charge in [-0.1, -0.05) is 12.1 Å². The standard InChI is InChI=1S/C19H25NO2/c1-12(20-18(22)16-4-2-3-5-17(16)21)19-9-13-6-14(10-19)8-15(7-13)11-19/h2-5,12-15,21H,6-11H2,1H3,(H,20,22). The monoisotopic (exact) mass is 299 g/mol. The lowest BCUT2D eigenvalue weighted by molar-refractivity contribution is -0.0688. The predicted molar refractivity (Wildman–Crippen MR) is 85.6 cm³/mol. The second-order valence-electron chi connectivity index (χ2n) is 7.99. The zero-order valence-electron chi connectivity index (χ0n) is 13.2. The van der Waals surface area contributed by atoms with Gasteiger partial charge in [-0.2, -0.15) is 0 Å². The summed E-state index contributed by atoms with van der Waals surface area (Å²) in [6, 6.07) is 6.99. The number of carbonyl (C=O) groups excluding carboxylic acids is 1. The van der Waals surface area contributed by atoms with Gasteiger partial charge in [-0.25, -0.2) is 0 Å². The molecule has 0 spiro atoms. The molecule has 1 atom stereocenters. The molecule has 3 nitrogen and oxygen atoms in total. The summed E-state index contributed by atoms with van der Waals surface area (Å²) in [5, 5.41) is 13.1. The van der Waals surface area contributed by atoms with Gasteiger partial charge in [-0.3, -0.25) is 4.79 Å². The number of rotatable bonds is 3. The number of phenolic OH excluding ortho intramolecular Hbond substituents is 1. The molecule has 0 aliphatic heterocycles. The van der Waals surface area contributed by atoms with Crippen molar-refractivity contribution in [1.82, 2.24) is 5.32 Å². The van der Waals surface area contributed by atoms with Gasteiger partial charge in [0.15, 0.2) is 0 Å². The normalized spacial score (nSPS) is 37.0. The molecule has 0 radical (unpaired) electrons. The van der Waals surface area contributed by atoms with Crippen molar-refractivity contribution in [1.29, 1.82) is 0 Å². The molecule has 1 amide bonds. The molecule has 4 aliphatic carbocycles. The first-order valence-electron chi connectivity index (χ1n) is 8.64. The molecular formula is C19H25NO2. The Hall–Kier alpha value is -1.51. The summed E-state index contributed by atoms with van der Waals surface area (Å²) < 4.78 is 0. The molecule has 1 aromatic carbocycles. The first kappa shape index (κ1) is 14.1. The molecule has 4 fully saturated rings. The van der Waals surface area contributed by atoms with Crippen molar-refractivity contribution in [3.63, 3.8) is 0 Å². The number of hydrogen-bond donors (Lipinski definition) is 2. The highest BCUT2D eigenvalue weighted by atomic mass is 16.3. The number of hydrogen-bond acceptors (Lipinski definition) is 2. The van der Waals surface area contributed by atoms with Crippen LogP contribution in [-0.4, -0.2) is 17.1 Å². The van der Waals surface area contributed by atoms with E-state index >= 15 is 0 Å². The Kier molecular flexibility index (Phi) is 3.21. The van der Waals surface area contributed by atoms with Gasteiger partial charge >= 0.3 is 0 Å². The average Bonchev–Trinajstić information content (AvgIpc) is 2.46. The van der Waals surface area contributed by atoms with E-state index < -0.39 is 0 Å². The molecule has 2 N–H and O–H groups in total. The molecule has 0 aromatic heterocycles. The highest BCUT2D eigenvalue weighted by Crippen LogP contribution is 2.61. The summed E-state index contributed by atoms with van der Waals surface area (Å²) in [5.41, 5.74) is 0.688. The fraction of sp³-hybridized carbons (Fsp3) is 0.632. The van der Waals surface area contributed by atoms with Gasteiger partial charge in [0.1, 0.15) is 5.75 Å². The molecule has 4 saturated carbocycles. The number of para-hydroxylation sites is 1. The Morgan fingerprint density at radius 3 is 2.23 bits per heavy atom. The number of benzene rings is 1. The van der Waals surface area contributed by atoms with Gasteiger partial charge < -0.3 is 10.4 Å². The lowest BCUT2D eigenvalue weighted by Gasteiger charge is -2.59. The number of carbonyl (C=O) groups is 1. The molecule has 22 heavy (non-hydrogen) atoms. The van der Waals surface area contributed by atoms with Crippen molar-refractivity contribution in [3.8, 4) is 5.75 Å². The van der Waals surface area contributed by atoms with Crippen LogP contribution in [0, 0.1) is 23.2 Å². The number of aromatic hydroxyl groups is 1. The van der Waals surface area contributed by atoms with E-state index in [-0.39, 0.29) is 17.7 Å². The van der Waals surface area contributed by atoms with E-state index in [1.54, 1.807) is 24.3 Å². The topological polar surface area (TPSA) is 49.3 Å². The van der Waals surface area contributed by atoms with E-state index in [2.05, 4.69) is 12.2 Å². The predicted octanol–water partition coefficient (Wildman–Crippen LogP) is 3.73. The summed E-state index contributed by atoms with van der Waals surface area (Å²) in [6.07, 6.45) is 8.09. The van der Waals surface area contributed by atoms with Crippen LogP contribution in [0.5, 0.6) is 5.75 Å². The number of amides is 1. The smallest absolute Gasteiger partial charge is 0.255 e. The van der Waals surface area contributed by atoms with Crippen molar-refractivity contribution >= 4 is 5.91 Å². The number of phenols is 1. The third kappa shape index (κ3) is 2.22. The van der Waals surface area contributed by atoms with Gasteiger partial charge in [0.25, 0.3) is 5.91 Å². The zero-order chi connectivity index (χ0) is 15.3. The van der Waals surface area contributed by atoms with Gasteiger partial charge in [0, 0.05) is 6.04 Å². The molecule has 5 rings (SSSR count). The molecule has 3 heteroatoms. The Balaban J connectivity index is 1.52. The quantitative estimate of drug-likeness (QED) is 0.893. The Morgan fingerprint density at radius 2 is 1.68 bits per heavy atom. The molecular weight excluding hydrogens is 274 g/mol. The fourth-order valence-electron chi connectivity index (χ4n) is 5.80. The minimum Gasteiger partial charge on any atom is -0.507 e. The maximum Gasteiger partial charge on any atom is 0.255 e. The molecule has 0 saturated heterocycles. The molecule has 4 bridgehead atoms. The minimum atomic E-state index is -0.138. The highest BCUT2D eigenvalue weighted by Gasteiger charge is 2.53. The minimum absolute atomic E-state index is 0.0673. The first-order valence-corrected chi connectivity index (χ1v) is 8.64. The number of nitrogens with one attached hydrogen (secondary N) is 1. The third-order valence-corrected chi connectivity index (χ3v) is 6.50. The van der Waals surface area contributed by atoms with E-state index in [4.69, 9.17) is 0 Å². The molecule has 0 heterocycles. The molecule has 1 unspecified atom stereocenters. The lowest BCUT2D eigenvalue weighted by Crippen LogP contribution is -2.55. The van der Waals surface area contributed by atoms with Crippen molar-refractivity contribution < 1.29 is 9.90 Å². The highest BCUT2D eigenvalue weighted by molar-refractivity contribution is 5.96. The third-order valence-electron chi connectivity index (χ3n) is 6.50. The second kappa shape index (κ2) is 5.00. The van der Waals surface area contributed by atoms with Crippen LogP contribution in [0.4, 0.5) is 0 Å². The summed E-state index contributed by atoms with van der Waals surface area (Å²) in [6.45, 7) is 2.17. The van der Waals surface area contributed by atoms with Gasteiger partial charge in [-0.05, 0) is 80.8 Å². The zero-order valence-corrected chi connectivity index (χ0v) is 13.2. The van der Waals surface area contributed by atoms with Crippen molar-refractivity contribution in [2.45, 2.75) is 51.5 Å². The Bertz CT molecular complexity index is 560. The van der Waals surface area contributed by atoms with Crippen LogP contribution in [0.25, 0.3) is 0 Å². The largest absolute Gasteiger partial charge is 0.507 e. The van der Waals surface area contributed by atoms with Crippen LogP contribution >= 0.6 is 0 Å². The Morgan fingerprint density at radius 1 is 1.14 bits per heavy atom. The van der Waals surface area contributed by atoms with E-state index in [1.165, 1.54) is 38.5 Å². The van der Waals surface area contributed by atoms with Crippen LogP contribution in [0.3, 0.4) is 0 Å². The van der Waals surface area contributed by atoms with Gasteiger partial charge in [0.2, 0.25) is 0 Å². The van der Waals surface area contributed by atoms with E-state index in [1.807, 2.05) is 0 Å². The molecule has 118 valence electrons. The van der Waals surface area contributed by atoms with Gasteiger partial charge in [-0.15, -0.1) is 0 Å². The maximum atomic E-state index is 12.5. The van der Waals surface area contributed by atoms with E-state index in [0.717, 1.165) is 17.8 Å². The van der Waals surface area contributed by atoms with Crippen LogP contribution in [0.1, 0.15) is 55.8 Å². The fourth-order valence-corrected chi connectivity index (χ4v) is 5.80. The average molecular weight is 299 g/mol. The van der Waals surface area contributed by atoms with Crippen molar-refractivity contribution in [2.24, 2.45) is 23.2 Å². The van der Waals surface area contributed by atoms with Crippen LogP contribution in [0.15, 0.2) is 24.3 Å².